The molecule has 7 nitrogen and oxygen atoms in total. The van der Waals surface area contributed by atoms with Crippen LogP contribution < -0.4 is 14.8 Å². The number of carbonyl (C=O) groups excluding carboxylic acids is 1. The first kappa shape index (κ1) is 19.4. The lowest BCUT2D eigenvalue weighted by Gasteiger charge is -2.11. The van der Waals surface area contributed by atoms with E-state index in [-0.39, 0.29) is 0 Å². The summed E-state index contributed by atoms with van der Waals surface area (Å²) >= 11 is 0. The summed E-state index contributed by atoms with van der Waals surface area (Å²) in [6.07, 6.45) is -3.32. The van der Waals surface area contributed by atoms with Crippen molar-refractivity contribution in [3.05, 3.63) is 60.8 Å². The van der Waals surface area contributed by atoms with Gasteiger partial charge in [-0.15, -0.1) is 13.2 Å². The number of halogens is 3. The predicted molar refractivity (Wildman–Crippen MR) is 94.2 cm³/mol. The minimum Gasteiger partial charge on any atom is -0.406 e. The standard InChI is InChI=1S/C17H12F3N3O4S/c18-17(19,20)27-11-6-8-12(9-7-11)28(25,26)23-16(24)22-15-5-1-4-14-13(15)3-2-10-21-14/h1-10H,(H2,22,23,24). The van der Waals surface area contributed by atoms with Gasteiger partial charge < -0.3 is 10.1 Å². The van der Waals surface area contributed by atoms with Gasteiger partial charge in [0.25, 0.3) is 10.0 Å². The van der Waals surface area contributed by atoms with Crippen molar-refractivity contribution in [2.24, 2.45) is 0 Å². The molecule has 2 aromatic carbocycles. The number of nitrogens with zero attached hydrogens (tertiary/aromatic N) is 1. The summed E-state index contributed by atoms with van der Waals surface area (Å²) in [6, 6.07) is 10.7. The Labute approximate surface area is 157 Å². The van der Waals surface area contributed by atoms with Crippen LogP contribution >= 0.6 is 0 Å². The molecule has 2 N–H and O–H groups in total. The van der Waals surface area contributed by atoms with E-state index >= 15 is 0 Å². The van der Waals surface area contributed by atoms with E-state index in [4.69, 9.17) is 0 Å². The van der Waals surface area contributed by atoms with Gasteiger partial charge in [-0.3, -0.25) is 4.98 Å². The monoisotopic (exact) mass is 411 g/mol. The van der Waals surface area contributed by atoms with Crippen molar-refractivity contribution in [3.8, 4) is 5.75 Å². The van der Waals surface area contributed by atoms with Gasteiger partial charge in [-0.2, -0.15) is 0 Å². The van der Waals surface area contributed by atoms with Crippen LogP contribution in [0.5, 0.6) is 5.75 Å². The van der Waals surface area contributed by atoms with Crippen molar-refractivity contribution in [2.75, 3.05) is 5.32 Å². The van der Waals surface area contributed by atoms with E-state index in [9.17, 15) is 26.4 Å². The number of fused-ring (bicyclic) bond motifs is 1. The van der Waals surface area contributed by atoms with Gasteiger partial charge in [-0.25, -0.2) is 17.9 Å². The lowest BCUT2D eigenvalue weighted by atomic mass is 10.2. The van der Waals surface area contributed by atoms with E-state index in [1.54, 1.807) is 41.3 Å². The molecule has 2 amide bonds. The molecule has 0 saturated heterocycles. The Balaban J connectivity index is 1.74. The topological polar surface area (TPSA) is 97.4 Å². The number of pyridine rings is 1. The molecule has 28 heavy (non-hydrogen) atoms. The highest BCUT2D eigenvalue weighted by Crippen LogP contribution is 2.24. The fraction of sp³-hybridized carbons (Fsp3) is 0.0588. The Morgan fingerprint density at radius 1 is 1.00 bits per heavy atom. The molecule has 0 aliphatic carbocycles. The van der Waals surface area contributed by atoms with Gasteiger partial charge in [0.1, 0.15) is 5.75 Å². The summed E-state index contributed by atoms with van der Waals surface area (Å²) in [4.78, 5) is 15.8. The molecule has 0 aliphatic rings. The van der Waals surface area contributed by atoms with E-state index < -0.39 is 33.1 Å². The van der Waals surface area contributed by atoms with Crippen LogP contribution in [-0.4, -0.2) is 25.8 Å². The number of ether oxygens (including phenoxy) is 1. The number of rotatable bonds is 4. The van der Waals surface area contributed by atoms with Crippen LogP contribution in [0, 0.1) is 0 Å². The lowest BCUT2D eigenvalue weighted by Crippen LogP contribution is -2.34. The fourth-order valence-corrected chi connectivity index (χ4v) is 3.27. The number of hydrogen-bond donors (Lipinski definition) is 2. The molecule has 146 valence electrons. The van der Waals surface area contributed by atoms with E-state index in [1.807, 2.05) is 0 Å². The lowest BCUT2D eigenvalue weighted by molar-refractivity contribution is -0.274. The molecule has 1 aromatic heterocycles. The molecule has 0 spiro atoms. The Bertz CT molecular complexity index is 1110. The molecule has 1 heterocycles. The van der Waals surface area contributed by atoms with Gasteiger partial charge in [0.05, 0.1) is 16.1 Å². The smallest absolute Gasteiger partial charge is 0.406 e. The zero-order valence-corrected chi connectivity index (χ0v) is 14.7. The van der Waals surface area contributed by atoms with Crippen molar-refractivity contribution in [1.82, 2.24) is 9.71 Å². The van der Waals surface area contributed by atoms with Crippen LogP contribution in [0.3, 0.4) is 0 Å². The molecule has 0 aliphatic heterocycles. The Kier molecular flexibility index (Phi) is 5.10. The highest BCUT2D eigenvalue weighted by Gasteiger charge is 2.31. The largest absolute Gasteiger partial charge is 0.573 e. The number of anilines is 1. The number of carbonyl (C=O) groups is 1. The second-order valence-corrected chi connectivity index (χ2v) is 7.14. The maximum absolute atomic E-state index is 12.2. The minimum absolute atomic E-state index is 0.340. The SMILES string of the molecule is O=C(Nc1cccc2ncccc12)NS(=O)(=O)c1ccc(OC(F)(F)F)cc1. The Morgan fingerprint density at radius 2 is 1.71 bits per heavy atom. The second-order valence-electron chi connectivity index (χ2n) is 5.45. The zero-order valence-electron chi connectivity index (χ0n) is 13.9. The molecule has 0 unspecified atom stereocenters. The van der Waals surface area contributed by atoms with Crippen LogP contribution in [0.4, 0.5) is 23.7 Å². The van der Waals surface area contributed by atoms with Gasteiger partial charge in [-0.1, -0.05) is 6.07 Å². The molecule has 0 atom stereocenters. The van der Waals surface area contributed by atoms with Crippen molar-refractivity contribution in [3.63, 3.8) is 0 Å². The van der Waals surface area contributed by atoms with E-state index in [2.05, 4.69) is 15.0 Å². The molecule has 0 fully saturated rings. The average Bonchev–Trinajstić information content (AvgIpc) is 2.60. The van der Waals surface area contributed by atoms with E-state index in [0.29, 0.717) is 16.6 Å². The predicted octanol–water partition coefficient (Wildman–Crippen LogP) is 3.64. The number of benzene rings is 2. The minimum atomic E-state index is -4.90. The third-order valence-corrected chi connectivity index (χ3v) is 4.84. The summed E-state index contributed by atoms with van der Waals surface area (Å²) in [5, 5.41) is 3.01. The molecule has 0 bridgehead atoms. The zero-order chi connectivity index (χ0) is 20.4. The maximum atomic E-state index is 12.2. The number of nitrogens with one attached hydrogen (secondary N) is 2. The fourth-order valence-electron chi connectivity index (χ4n) is 2.36. The summed E-state index contributed by atoms with van der Waals surface area (Å²) in [7, 11) is -4.31. The highest BCUT2D eigenvalue weighted by atomic mass is 32.2. The van der Waals surface area contributed by atoms with Gasteiger partial charge in [0.15, 0.2) is 0 Å². The number of alkyl halides is 3. The van der Waals surface area contributed by atoms with Crippen molar-refractivity contribution >= 4 is 32.6 Å². The molecule has 0 radical (unpaired) electrons. The Morgan fingerprint density at radius 3 is 2.39 bits per heavy atom. The molecule has 3 aromatic rings. The number of urea groups is 1. The number of aromatic nitrogens is 1. The normalized spacial score (nSPS) is 11.8. The van der Waals surface area contributed by atoms with Crippen molar-refractivity contribution in [1.29, 1.82) is 0 Å². The third-order valence-electron chi connectivity index (χ3n) is 3.49. The first-order valence-corrected chi connectivity index (χ1v) is 9.16. The summed E-state index contributed by atoms with van der Waals surface area (Å²) < 4.78 is 66.4. The van der Waals surface area contributed by atoms with Crippen molar-refractivity contribution in [2.45, 2.75) is 11.3 Å². The summed E-state index contributed by atoms with van der Waals surface area (Å²) in [6.45, 7) is 0. The van der Waals surface area contributed by atoms with E-state index in [1.165, 1.54) is 0 Å². The molecular weight excluding hydrogens is 399 g/mol. The first-order chi connectivity index (χ1) is 13.1. The van der Waals surface area contributed by atoms with Crippen LogP contribution in [-0.2, 0) is 10.0 Å². The molecule has 0 saturated carbocycles. The molecular formula is C17H12F3N3O4S. The quantitative estimate of drug-likeness (QED) is 0.683. The van der Waals surface area contributed by atoms with Gasteiger partial charge in [-0.05, 0) is 48.5 Å². The maximum Gasteiger partial charge on any atom is 0.573 e. The highest BCUT2D eigenvalue weighted by molar-refractivity contribution is 7.90. The number of amides is 2. The Hall–Kier alpha value is -3.34. The first-order valence-electron chi connectivity index (χ1n) is 7.67. The summed E-state index contributed by atoms with van der Waals surface area (Å²) in [5.41, 5.74) is 0.940. The van der Waals surface area contributed by atoms with Gasteiger partial charge >= 0.3 is 12.4 Å². The van der Waals surface area contributed by atoms with Crippen LogP contribution in [0.25, 0.3) is 10.9 Å². The summed E-state index contributed by atoms with van der Waals surface area (Å²) in [5.74, 6) is -0.584. The van der Waals surface area contributed by atoms with E-state index in [0.717, 1.165) is 24.3 Å². The van der Waals surface area contributed by atoms with Crippen LogP contribution in [0.15, 0.2) is 65.7 Å². The second kappa shape index (κ2) is 7.35. The number of hydrogen-bond acceptors (Lipinski definition) is 5. The van der Waals surface area contributed by atoms with Crippen LogP contribution in [0.2, 0.25) is 0 Å². The van der Waals surface area contributed by atoms with Crippen LogP contribution in [0.1, 0.15) is 0 Å². The number of sulfonamides is 1. The molecule has 11 heteroatoms. The molecule has 3 rings (SSSR count). The van der Waals surface area contributed by atoms with Gasteiger partial charge in [0.2, 0.25) is 0 Å². The van der Waals surface area contributed by atoms with Crippen molar-refractivity contribution < 1.29 is 31.1 Å². The average molecular weight is 411 g/mol. The van der Waals surface area contributed by atoms with Gasteiger partial charge in [0, 0.05) is 11.6 Å². The third kappa shape index (κ3) is 4.68.